The van der Waals surface area contributed by atoms with Crippen LogP contribution in [0.1, 0.15) is 53.0 Å². The summed E-state index contributed by atoms with van der Waals surface area (Å²) in [4.78, 5) is 40.2. The first-order valence-electron chi connectivity index (χ1n) is 11.7. The van der Waals surface area contributed by atoms with E-state index in [4.69, 9.17) is 9.47 Å². The quantitative estimate of drug-likeness (QED) is 0.472. The van der Waals surface area contributed by atoms with Crippen LogP contribution in [0.3, 0.4) is 0 Å². The molecule has 2 amide bonds. The van der Waals surface area contributed by atoms with Crippen molar-refractivity contribution in [3.05, 3.63) is 29.8 Å². The number of amides is 2. The van der Waals surface area contributed by atoms with Gasteiger partial charge < -0.3 is 30.1 Å². The monoisotopic (exact) mass is 477 g/mol. The summed E-state index contributed by atoms with van der Waals surface area (Å²) in [6, 6.07) is 5.58. The summed E-state index contributed by atoms with van der Waals surface area (Å²) in [6.07, 6.45) is 0.712. The maximum Gasteiger partial charge on any atom is 0.329 e. The number of nitrogens with zero attached hydrogens (tertiary/aromatic N) is 1. The molecular weight excluding hydrogens is 438 g/mol. The Hall–Kier alpha value is -2.65. The lowest BCUT2D eigenvalue weighted by Crippen LogP contribution is -2.60. The van der Waals surface area contributed by atoms with Crippen molar-refractivity contribution >= 4 is 17.8 Å². The molecule has 4 atom stereocenters. The third-order valence-corrected chi connectivity index (χ3v) is 6.18. The molecule has 3 N–H and O–H groups in total. The Morgan fingerprint density at radius 2 is 1.82 bits per heavy atom. The zero-order valence-corrected chi connectivity index (χ0v) is 21.3. The molecule has 1 saturated heterocycles. The number of likely N-dealkylation sites (N-methyl/N-ethyl adjacent to an activating group) is 1. The molecule has 2 rings (SSSR count). The molecule has 0 bridgehead atoms. The lowest BCUT2D eigenvalue weighted by Gasteiger charge is -2.35. The summed E-state index contributed by atoms with van der Waals surface area (Å²) in [5.41, 5.74) is -0.938. The molecule has 34 heavy (non-hydrogen) atoms. The Morgan fingerprint density at radius 3 is 2.32 bits per heavy atom. The van der Waals surface area contributed by atoms with Crippen LogP contribution in [0.25, 0.3) is 0 Å². The average Bonchev–Trinajstić information content (AvgIpc) is 3.15. The normalized spacial score (nSPS) is 21.0. The number of likely N-dealkylation sites (tertiary alicyclic amines) is 1. The molecule has 1 fully saturated rings. The summed E-state index contributed by atoms with van der Waals surface area (Å²) < 4.78 is 11.2. The molecule has 190 valence electrons. The molecule has 1 aromatic rings. The van der Waals surface area contributed by atoms with Gasteiger partial charge in [-0.05, 0) is 72.2 Å². The zero-order chi connectivity index (χ0) is 25.7. The molecule has 1 aliphatic rings. The van der Waals surface area contributed by atoms with Crippen molar-refractivity contribution in [3.8, 4) is 5.75 Å². The Kier molecular flexibility index (Phi) is 9.08. The second kappa shape index (κ2) is 11.2. The first-order chi connectivity index (χ1) is 15.8. The fourth-order valence-electron chi connectivity index (χ4n) is 4.39. The molecule has 1 aromatic carbocycles. The van der Waals surface area contributed by atoms with Crippen LogP contribution in [-0.2, 0) is 25.5 Å². The number of carboxylic acid groups (broad SMARTS) is 1. The molecule has 1 heterocycles. The second-order valence-corrected chi connectivity index (χ2v) is 9.99. The Labute approximate surface area is 202 Å². The van der Waals surface area contributed by atoms with Crippen LogP contribution in [0.5, 0.6) is 5.75 Å². The van der Waals surface area contributed by atoms with Gasteiger partial charge in [0, 0.05) is 13.0 Å². The molecule has 0 aliphatic carbocycles. The van der Waals surface area contributed by atoms with E-state index in [0.29, 0.717) is 25.1 Å². The first kappa shape index (κ1) is 27.6. The lowest BCUT2D eigenvalue weighted by molar-refractivity contribution is -0.156. The third kappa shape index (κ3) is 6.70. The third-order valence-electron chi connectivity index (χ3n) is 6.18. The van der Waals surface area contributed by atoms with Crippen molar-refractivity contribution in [3.63, 3.8) is 0 Å². The summed E-state index contributed by atoms with van der Waals surface area (Å²) in [7, 11) is 3.23. The van der Waals surface area contributed by atoms with E-state index in [1.54, 1.807) is 40.1 Å². The second-order valence-electron chi connectivity index (χ2n) is 9.99. The van der Waals surface area contributed by atoms with E-state index < -0.39 is 41.2 Å². The number of hydrogen-bond donors (Lipinski definition) is 3. The molecule has 9 nitrogen and oxygen atoms in total. The number of carbonyl (C=O) groups is 3. The van der Waals surface area contributed by atoms with Gasteiger partial charge in [-0.25, -0.2) is 4.79 Å². The zero-order valence-electron chi connectivity index (χ0n) is 21.3. The fraction of sp³-hybridized carbons (Fsp3) is 0.640. The molecule has 0 radical (unpaired) electrons. The summed E-state index contributed by atoms with van der Waals surface area (Å²) in [5, 5.41) is 15.6. The van der Waals surface area contributed by atoms with Gasteiger partial charge in [0.2, 0.25) is 11.8 Å². The topological polar surface area (TPSA) is 117 Å². The number of nitrogens with one attached hydrogen (secondary N) is 2. The highest BCUT2D eigenvalue weighted by Gasteiger charge is 2.47. The van der Waals surface area contributed by atoms with Crippen molar-refractivity contribution in [2.24, 2.45) is 0 Å². The van der Waals surface area contributed by atoms with Gasteiger partial charge in [-0.2, -0.15) is 0 Å². The van der Waals surface area contributed by atoms with Crippen molar-refractivity contribution in [2.75, 3.05) is 20.7 Å². The molecule has 0 aromatic heterocycles. The van der Waals surface area contributed by atoms with Gasteiger partial charge in [-0.3, -0.25) is 9.59 Å². The lowest BCUT2D eigenvalue weighted by atomic mass is 9.97. The van der Waals surface area contributed by atoms with Crippen LogP contribution in [0.4, 0.5) is 0 Å². The molecular formula is C25H39N3O6. The summed E-state index contributed by atoms with van der Waals surface area (Å²) >= 11 is 0. The molecule has 1 aliphatic heterocycles. The Morgan fingerprint density at radius 1 is 1.21 bits per heavy atom. The van der Waals surface area contributed by atoms with E-state index >= 15 is 0 Å². The predicted molar refractivity (Wildman–Crippen MR) is 129 cm³/mol. The number of aliphatic carboxylic acids is 1. The summed E-state index contributed by atoms with van der Waals surface area (Å²) in [5.74, 6) is -1.17. The predicted octanol–water partition coefficient (Wildman–Crippen LogP) is 1.98. The average molecular weight is 478 g/mol. The van der Waals surface area contributed by atoms with Gasteiger partial charge in [0.15, 0.2) is 0 Å². The fourth-order valence-corrected chi connectivity index (χ4v) is 4.39. The van der Waals surface area contributed by atoms with Crippen molar-refractivity contribution in [2.45, 2.75) is 83.2 Å². The molecule has 0 saturated carbocycles. The largest absolute Gasteiger partial charge is 0.497 e. The van der Waals surface area contributed by atoms with Crippen LogP contribution < -0.4 is 15.4 Å². The number of carboxylic acids is 1. The van der Waals surface area contributed by atoms with Gasteiger partial charge in [0.25, 0.3) is 0 Å². The van der Waals surface area contributed by atoms with E-state index in [1.807, 2.05) is 32.9 Å². The van der Waals surface area contributed by atoms with Crippen molar-refractivity contribution in [1.82, 2.24) is 15.5 Å². The van der Waals surface area contributed by atoms with Gasteiger partial charge in [0.05, 0.1) is 18.8 Å². The van der Waals surface area contributed by atoms with Crippen LogP contribution in [0, 0.1) is 0 Å². The maximum atomic E-state index is 13.6. The first-order valence-corrected chi connectivity index (χ1v) is 11.7. The minimum absolute atomic E-state index is 0.214. The number of hydrogen-bond acceptors (Lipinski definition) is 6. The maximum absolute atomic E-state index is 13.6. The van der Waals surface area contributed by atoms with E-state index in [1.165, 1.54) is 4.90 Å². The Balaban J connectivity index is 2.31. The highest BCUT2D eigenvalue weighted by molar-refractivity contribution is 5.93. The smallest absolute Gasteiger partial charge is 0.329 e. The van der Waals surface area contributed by atoms with Crippen LogP contribution in [0.15, 0.2) is 24.3 Å². The van der Waals surface area contributed by atoms with Crippen molar-refractivity contribution < 1.29 is 29.0 Å². The number of ether oxygens (including phenoxy) is 2. The number of rotatable bonds is 10. The van der Waals surface area contributed by atoms with Gasteiger partial charge in [0.1, 0.15) is 23.4 Å². The van der Waals surface area contributed by atoms with E-state index in [2.05, 4.69) is 10.6 Å². The van der Waals surface area contributed by atoms with E-state index in [-0.39, 0.29) is 12.3 Å². The molecule has 9 heteroatoms. The highest BCUT2D eigenvalue weighted by Crippen LogP contribution is 2.30. The highest BCUT2D eigenvalue weighted by atomic mass is 16.5. The standard InChI is InChI=1S/C25H39N3O6/c1-16(34-24(2,3)4)20(26-6)21(29)27-19(15-17-9-11-18(33-7)12-10-17)22(30)28-14-8-13-25(28,5)23(31)32/h9-12,16,19-20,26H,8,13-15H2,1-7H3,(H,27,29)(H,31,32)/t16-,19+,20+,25+/m1/s1. The number of methoxy groups -OCH3 is 1. The van der Waals surface area contributed by atoms with Crippen LogP contribution in [-0.4, -0.2) is 77.8 Å². The minimum atomic E-state index is -1.30. The van der Waals surface area contributed by atoms with Gasteiger partial charge >= 0.3 is 5.97 Å². The molecule has 0 unspecified atom stereocenters. The van der Waals surface area contributed by atoms with Crippen LogP contribution >= 0.6 is 0 Å². The van der Waals surface area contributed by atoms with E-state index in [9.17, 15) is 19.5 Å². The van der Waals surface area contributed by atoms with Gasteiger partial charge in [-0.15, -0.1) is 0 Å². The number of carbonyl (C=O) groups excluding carboxylic acids is 2. The Bertz CT molecular complexity index is 866. The van der Waals surface area contributed by atoms with E-state index in [0.717, 1.165) is 5.56 Å². The minimum Gasteiger partial charge on any atom is -0.497 e. The number of benzene rings is 1. The SMILES string of the molecule is CN[C@H](C(=O)N[C@@H](Cc1ccc(OC)cc1)C(=O)N1CCC[C@@]1(C)C(=O)O)[C@@H](C)OC(C)(C)C. The molecule has 0 spiro atoms. The van der Waals surface area contributed by atoms with Crippen molar-refractivity contribution in [1.29, 1.82) is 0 Å². The van der Waals surface area contributed by atoms with Gasteiger partial charge in [-0.1, -0.05) is 12.1 Å². The summed E-state index contributed by atoms with van der Waals surface area (Å²) in [6.45, 7) is 9.41. The van der Waals surface area contributed by atoms with Crippen LogP contribution in [0.2, 0.25) is 0 Å².